The molecule has 3 heterocycles. The third-order valence-electron chi connectivity index (χ3n) is 18.2. The molecule has 3 aromatic heterocycles. The Hall–Kier alpha value is -11.0. The molecule has 15 aromatic carbocycles. The molecular weight excluding hydrogens is 1060 g/mol. The van der Waals surface area contributed by atoms with Crippen molar-refractivity contribution in [3.05, 3.63) is 303 Å². The van der Waals surface area contributed by atoms with Gasteiger partial charge in [-0.2, -0.15) is 0 Å². The summed E-state index contributed by atoms with van der Waals surface area (Å²) in [5, 5.41) is 19.7. The highest BCUT2D eigenvalue weighted by molar-refractivity contribution is 7.26. The average molecular weight is 1110 g/mol. The van der Waals surface area contributed by atoms with E-state index in [0.29, 0.717) is 0 Å². The number of nitrogens with zero attached hydrogens (tertiary/aromatic N) is 2. The molecule has 0 fully saturated rings. The van der Waals surface area contributed by atoms with Gasteiger partial charge >= 0.3 is 0 Å². The van der Waals surface area contributed by atoms with Gasteiger partial charge in [-0.1, -0.05) is 224 Å². The van der Waals surface area contributed by atoms with Crippen molar-refractivity contribution in [2.45, 2.75) is 0 Å². The summed E-state index contributed by atoms with van der Waals surface area (Å²) in [5.74, 6) is 0. The van der Waals surface area contributed by atoms with Gasteiger partial charge in [0.25, 0.3) is 0 Å². The Bertz CT molecular complexity index is 5800. The van der Waals surface area contributed by atoms with Crippen molar-refractivity contribution < 1.29 is 0 Å². The van der Waals surface area contributed by atoms with E-state index >= 15 is 0 Å². The van der Waals surface area contributed by atoms with Gasteiger partial charge in [-0.05, 0) is 188 Å². The molecule has 86 heavy (non-hydrogen) atoms. The number of hydrogen-bond donors (Lipinski definition) is 0. The molecule has 0 spiro atoms. The van der Waals surface area contributed by atoms with Crippen LogP contribution in [0.2, 0.25) is 0 Å². The summed E-state index contributed by atoms with van der Waals surface area (Å²) in [4.78, 5) is 5.46. The predicted octanol–water partition coefficient (Wildman–Crippen LogP) is 23.5. The highest BCUT2D eigenvalue weighted by atomic mass is 32.1. The number of benzene rings is 15. The Morgan fingerprint density at radius 2 is 0.628 bits per heavy atom. The Labute approximate surface area is 500 Å². The van der Waals surface area contributed by atoms with Gasteiger partial charge in [-0.15, -0.1) is 11.3 Å². The summed E-state index contributed by atoms with van der Waals surface area (Å²) in [6.45, 7) is 0. The van der Waals surface area contributed by atoms with Crippen LogP contribution < -0.4 is 0 Å². The molecule has 0 N–H and O–H groups in total. The minimum atomic E-state index is 0.931. The fourth-order valence-electron chi connectivity index (χ4n) is 14.2. The number of pyridine rings is 1. The second-order valence-electron chi connectivity index (χ2n) is 22.9. The minimum Gasteiger partial charge on any atom is -0.309 e. The van der Waals surface area contributed by atoms with Crippen LogP contribution in [0.5, 0.6) is 0 Å². The first kappa shape index (κ1) is 48.6. The lowest BCUT2D eigenvalue weighted by Crippen LogP contribution is -1.93. The second-order valence-corrected chi connectivity index (χ2v) is 23.9. The first-order valence-electron chi connectivity index (χ1n) is 29.6. The van der Waals surface area contributed by atoms with Crippen LogP contribution in [0.3, 0.4) is 0 Å². The van der Waals surface area contributed by atoms with E-state index in [4.69, 9.17) is 4.98 Å². The molecule has 18 rings (SSSR count). The first-order valence-corrected chi connectivity index (χ1v) is 30.4. The highest BCUT2D eigenvalue weighted by Gasteiger charge is 2.22. The molecule has 0 radical (unpaired) electrons. The summed E-state index contributed by atoms with van der Waals surface area (Å²) >= 11 is 1.90. The Morgan fingerprint density at radius 3 is 1.24 bits per heavy atom. The Kier molecular flexibility index (Phi) is 10.9. The molecule has 0 aliphatic rings. The fraction of sp³-hybridized carbons (Fsp3) is 0. The zero-order chi connectivity index (χ0) is 56.4. The van der Waals surface area contributed by atoms with E-state index < -0.39 is 0 Å². The van der Waals surface area contributed by atoms with E-state index in [1.54, 1.807) is 0 Å². The molecule has 18 aromatic rings. The molecule has 0 aliphatic heterocycles. The lowest BCUT2D eigenvalue weighted by atomic mass is 9.85. The van der Waals surface area contributed by atoms with Crippen LogP contribution >= 0.6 is 11.3 Å². The predicted molar refractivity (Wildman–Crippen MR) is 369 cm³/mol. The number of rotatable bonds is 7. The molecule has 3 heteroatoms. The maximum atomic E-state index is 5.46. The summed E-state index contributed by atoms with van der Waals surface area (Å²) in [6.07, 6.45) is 2.12. The summed E-state index contributed by atoms with van der Waals surface area (Å²) in [5.41, 5.74) is 17.3. The van der Waals surface area contributed by atoms with Crippen LogP contribution in [0, 0.1) is 0 Å². The molecule has 2 nitrogen and oxygen atoms in total. The van der Waals surface area contributed by atoms with Crippen LogP contribution in [-0.4, -0.2) is 9.55 Å². The molecule has 0 aliphatic carbocycles. The maximum absolute atomic E-state index is 5.46. The van der Waals surface area contributed by atoms with Crippen LogP contribution in [0.4, 0.5) is 0 Å². The summed E-state index contributed by atoms with van der Waals surface area (Å²) < 4.78 is 4.96. The van der Waals surface area contributed by atoms with Crippen LogP contribution in [0.1, 0.15) is 0 Å². The quantitative estimate of drug-likeness (QED) is 0.145. The van der Waals surface area contributed by atoms with Gasteiger partial charge < -0.3 is 4.57 Å². The zero-order valence-corrected chi connectivity index (χ0v) is 47.5. The van der Waals surface area contributed by atoms with Gasteiger partial charge in [0.15, 0.2) is 0 Å². The van der Waals surface area contributed by atoms with Crippen molar-refractivity contribution in [1.29, 1.82) is 0 Å². The van der Waals surface area contributed by atoms with E-state index in [1.165, 1.54) is 129 Å². The summed E-state index contributed by atoms with van der Waals surface area (Å²) in [6, 6.07) is 110. The van der Waals surface area contributed by atoms with Crippen molar-refractivity contribution in [2.24, 2.45) is 0 Å². The van der Waals surface area contributed by atoms with Crippen molar-refractivity contribution >= 4 is 118 Å². The first-order chi connectivity index (χ1) is 42.6. The molecule has 0 saturated heterocycles. The Balaban J connectivity index is 0.908. The van der Waals surface area contributed by atoms with Crippen molar-refractivity contribution in [3.63, 3.8) is 0 Å². The molecule has 0 bridgehead atoms. The van der Waals surface area contributed by atoms with E-state index in [2.05, 4.69) is 308 Å². The van der Waals surface area contributed by atoms with E-state index in [9.17, 15) is 0 Å². The van der Waals surface area contributed by atoms with Crippen molar-refractivity contribution in [3.8, 4) is 72.6 Å². The van der Waals surface area contributed by atoms with Gasteiger partial charge in [0.05, 0.1) is 16.7 Å². The van der Waals surface area contributed by atoms with Gasteiger partial charge in [0.1, 0.15) is 0 Å². The van der Waals surface area contributed by atoms with E-state index in [0.717, 1.165) is 50.1 Å². The average Bonchev–Trinajstić information content (AvgIpc) is 1.30. The van der Waals surface area contributed by atoms with Crippen molar-refractivity contribution in [1.82, 2.24) is 9.55 Å². The van der Waals surface area contributed by atoms with Crippen molar-refractivity contribution in [2.75, 3.05) is 0 Å². The normalized spacial score (nSPS) is 12.0. The Morgan fingerprint density at radius 1 is 0.221 bits per heavy atom. The fourth-order valence-corrected chi connectivity index (χ4v) is 15.6. The van der Waals surface area contributed by atoms with Gasteiger partial charge in [0.2, 0.25) is 0 Å². The third kappa shape index (κ3) is 7.55. The lowest BCUT2D eigenvalue weighted by Gasteiger charge is -2.19. The SMILES string of the molecule is c1ccc(-c2cccc3c2sc2c(-c4cc(-c5cc6c7ccccc7c7ccccc7c6cn5)cc(-c5cc6c7ccccc7c7ccccc7c6cc5-c5cccc(-c6ccc7c(c6)c6ccccc6n7-c6ccccc6)c5)c4)cccc23)cc1. The van der Waals surface area contributed by atoms with Gasteiger partial charge in [0, 0.05) is 53.8 Å². The second kappa shape index (κ2) is 19.3. The van der Waals surface area contributed by atoms with Gasteiger partial charge in [-0.3, -0.25) is 4.98 Å². The van der Waals surface area contributed by atoms with E-state index in [-0.39, 0.29) is 0 Å². The smallest absolute Gasteiger partial charge is 0.0709 e. The number of thiophene rings is 1. The van der Waals surface area contributed by atoms with E-state index in [1.807, 2.05) is 11.3 Å². The molecule has 0 unspecified atom stereocenters. The maximum Gasteiger partial charge on any atom is 0.0709 e. The molecular formula is C83H50N2S. The summed E-state index contributed by atoms with van der Waals surface area (Å²) in [7, 11) is 0. The number of hydrogen-bond acceptors (Lipinski definition) is 2. The zero-order valence-electron chi connectivity index (χ0n) is 46.7. The molecule has 398 valence electrons. The number of para-hydroxylation sites is 2. The highest BCUT2D eigenvalue weighted by Crippen LogP contribution is 2.49. The molecule has 0 saturated carbocycles. The standard InChI is InChI=1S/C83H50N2S/c1-3-20-51(21-4-1)59-35-18-37-70-71-38-19-36-60(83(71)86-82(59)70)55-43-56(45-57(44-55)79-49-76-67-32-13-9-28-63(67)64-29-10-14-33-68(64)78(76)50-84-79)73-48-75-66-31-12-8-27-62(66)61-26-7-11-30-65(61)74(75)47-72(73)54-23-17-22-52(42-54)53-40-41-81-77(46-53)69-34-15-16-39-80(69)85(81)58-24-5-2-6-25-58/h1-50H. The number of aromatic nitrogens is 2. The third-order valence-corrected chi connectivity index (χ3v) is 19.5. The number of fused-ring (bicyclic) bond motifs is 18. The topological polar surface area (TPSA) is 17.8 Å². The van der Waals surface area contributed by atoms with Crippen LogP contribution in [-0.2, 0) is 0 Å². The van der Waals surface area contributed by atoms with Gasteiger partial charge in [-0.25, -0.2) is 0 Å². The monoisotopic (exact) mass is 1110 g/mol. The largest absolute Gasteiger partial charge is 0.309 e. The molecule has 0 amide bonds. The molecule has 0 atom stereocenters. The van der Waals surface area contributed by atoms with Crippen LogP contribution in [0.25, 0.3) is 179 Å². The van der Waals surface area contributed by atoms with Crippen LogP contribution in [0.15, 0.2) is 303 Å². The minimum absolute atomic E-state index is 0.931. The lowest BCUT2D eigenvalue weighted by molar-refractivity contribution is 1.18.